The molecule has 0 aromatic carbocycles. The van der Waals surface area contributed by atoms with Crippen LogP contribution in [0.1, 0.15) is 37.6 Å². The molecular formula is C38H44N8O4. The van der Waals surface area contributed by atoms with Gasteiger partial charge in [0.2, 0.25) is 0 Å². The lowest BCUT2D eigenvalue weighted by atomic mass is 9.90. The summed E-state index contributed by atoms with van der Waals surface area (Å²) >= 11 is 0. The van der Waals surface area contributed by atoms with Crippen molar-refractivity contribution in [3.8, 4) is 16.9 Å². The van der Waals surface area contributed by atoms with Crippen LogP contribution in [0.5, 0.6) is 0 Å². The molecule has 5 aromatic rings. The van der Waals surface area contributed by atoms with E-state index in [1.165, 1.54) is 11.3 Å². The van der Waals surface area contributed by atoms with Gasteiger partial charge in [-0.05, 0) is 66.6 Å². The summed E-state index contributed by atoms with van der Waals surface area (Å²) in [6, 6.07) is 10.6. The molecule has 0 unspecified atom stereocenters. The number of ether oxygens (including phenoxy) is 2. The van der Waals surface area contributed by atoms with Crippen molar-refractivity contribution in [1.82, 2.24) is 28.4 Å². The lowest BCUT2D eigenvalue weighted by Gasteiger charge is -2.46. The summed E-state index contributed by atoms with van der Waals surface area (Å²) in [5.41, 5.74) is 6.72. The van der Waals surface area contributed by atoms with Crippen LogP contribution in [0.2, 0.25) is 0 Å². The monoisotopic (exact) mass is 676 g/mol. The van der Waals surface area contributed by atoms with E-state index in [0.29, 0.717) is 34.9 Å². The van der Waals surface area contributed by atoms with E-state index in [1.54, 1.807) is 41.9 Å². The number of nitrogens with one attached hydrogen (secondary N) is 1. The van der Waals surface area contributed by atoms with Crippen molar-refractivity contribution in [3.63, 3.8) is 0 Å². The van der Waals surface area contributed by atoms with Crippen molar-refractivity contribution < 1.29 is 9.47 Å². The standard InChI is InChI=1S/C38H44N8O4/c1-24-19-43(28-21-50-22-28)10-11-44(24)27-6-7-34(40-18-27)41-31-14-26(20-42(4)36(31)47)29-8-9-39-35(30(29)23-49-5)46-13-12-45-32(37(46)48)15-25-16-38(2,3)17-33(25)45/h6-9,12-15,18,20,24,28H,10-11,16-17,19,21-23H2,1-5H3,(H,40,41)/t24-/m0/s1. The SMILES string of the molecule is COCc1c(-c2cc(Nc3ccc(N4CCN(C5COC5)C[C@@H]4C)cn3)c(=O)n(C)c2)ccnc1-n1ccn2c3c(cc2c1=O)CC(C)(C)C3. The van der Waals surface area contributed by atoms with Gasteiger partial charge in [0.25, 0.3) is 11.1 Å². The highest BCUT2D eigenvalue weighted by Crippen LogP contribution is 2.37. The highest BCUT2D eigenvalue weighted by atomic mass is 16.5. The van der Waals surface area contributed by atoms with Crippen molar-refractivity contribution in [1.29, 1.82) is 0 Å². The van der Waals surface area contributed by atoms with Crippen LogP contribution in [0, 0.1) is 5.41 Å². The molecule has 12 heteroatoms. The Morgan fingerprint density at radius 3 is 2.60 bits per heavy atom. The topological polar surface area (TPSA) is 111 Å². The number of pyridine rings is 3. The van der Waals surface area contributed by atoms with Crippen LogP contribution in [0.3, 0.4) is 0 Å². The average molecular weight is 677 g/mol. The Labute approximate surface area is 290 Å². The summed E-state index contributed by atoms with van der Waals surface area (Å²) in [4.78, 5) is 41.6. The molecule has 260 valence electrons. The first-order chi connectivity index (χ1) is 24.1. The Bertz CT molecular complexity index is 2200. The first-order valence-corrected chi connectivity index (χ1v) is 17.3. The van der Waals surface area contributed by atoms with Gasteiger partial charge in [0.15, 0.2) is 0 Å². The Balaban J connectivity index is 1.09. The van der Waals surface area contributed by atoms with Crippen LogP contribution in [0.15, 0.2) is 70.9 Å². The van der Waals surface area contributed by atoms with Gasteiger partial charge in [-0.3, -0.25) is 19.1 Å². The Hall–Kier alpha value is -4.78. The number of methoxy groups -OCH3 is 1. The maximum absolute atomic E-state index is 13.9. The second-order valence-corrected chi connectivity index (χ2v) is 14.8. The summed E-state index contributed by atoms with van der Waals surface area (Å²) in [6.07, 6.45) is 11.0. The highest BCUT2D eigenvalue weighted by Gasteiger charge is 2.33. The van der Waals surface area contributed by atoms with Crippen LogP contribution in [0.25, 0.3) is 22.5 Å². The molecule has 0 radical (unpaired) electrons. The van der Waals surface area contributed by atoms with Crippen molar-refractivity contribution in [2.75, 3.05) is 50.2 Å². The Morgan fingerprint density at radius 1 is 1.04 bits per heavy atom. The van der Waals surface area contributed by atoms with Gasteiger partial charge in [-0.1, -0.05) is 13.8 Å². The van der Waals surface area contributed by atoms with E-state index in [-0.39, 0.29) is 23.1 Å². The van der Waals surface area contributed by atoms with E-state index in [9.17, 15) is 9.59 Å². The number of fused-ring (bicyclic) bond motifs is 3. The maximum Gasteiger partial charge on any atom is 0.280 e. The van der Waals surface area contributed by atoms with E-state index in [0.717, 1.165) is 68.1 Å². The quantitative estimate of drug-likeness (QED) is 0.259. The molecule has 0 amide bonds. The highest BCUT2D eigenvalue weighted by molar-refractivity contribution is 5.73. The summed E-state index contributed by atoms with van der Waals surface area (Å²) < 4.78 is 16.2. The minimum absolute atomic E-state index is 0.136. The van der Waals surface area contributed by atoms with Crippen LogP contribution in [0.4, 0.5) is 17.2 Å². The molecule has 3 aliphatic rings. The third-order valence-corrected chi connectivity index (χ3v) is 10.5. The van der Waals surface area contributed by atoms with Gasteiger partial charge in [-0.2, -0.15) is 0 Å². The molecular weight excluding hydrogens is 632 g/mol. The van der Waals surface area contributed by atoms with E-state index in [1.807, 2.05) is 41.1 Å². The summed E-state index contributed by atoms with van der Waals surface area (Å²) in [5, 5.41) is 3.26. The Kier molecular flexibility index (Phi) is 8.12. The zero-order chi connectivity index (χ0) is 34.7. The molecule has 0 spiro atoms. The zero-order valence-electron chi connectivity index (χ0n) is 29.3. The largest absolute Gasteiger partial charge is 0.380 e. The smallest absolute Gasteiger partial charge is 0.280 e. The molecule has 2 saturated heterocycles. The normalized spacial score (nSPS) is 19.1. The molecule has 2 aliphatic heterocycles. The fraction of sp³-hybridized carbons (Fsp3) is 0.421. The third-order valence-electron chi connectivity index (χ3n) is 10.5. The lowest BCUT2D eigenvalue weighted by molar-refractivity contribution is -0.0691. The van der Waals surface area contributed by atoms with E-state index >= 15 is 0 Å². The predicted octanol–water partition coefficient (Wildman–Crippen LogP) is 4.17. The molecule has 5 aromatic heterocycles. The first kappa shape index (κ1) is 32.4. The molecule has 50 heavy (non-hydrogen) atoms. The summed E-state index contributed by atoms with van der Waals surface area (Å²) in [7, 11) is 3.35. The molecule has 0 bridgehead atoms. The van der Waals surface area contributed by atoms with Gasteiger partial charge in [0.05, 0.1) is 37.7 Å². The minimum atomic E-state index is -0.182. The lowest BCUT2D eigenvalue weighted by Crippen LogP contribution is -2.59. The van der Waals surface area contributed by atoms with Crippen LogP contribution in [-0.2, 0) is 36.0 Å². The maximum atomic E-state index is 13.9. The van der Waals surface area contributed by atoms with Crippen LogP contribution in [-0.4, -0.2) is 80.4 Å². The molecule has 1 atom stereocenters. The zero-order valence-corrected chi connectivity index (χ0v) is 29.3. The number of anilines is 3. The summed E-state index contributed by atoms with van der Waals surface area (Å²) in [5.74, 6) is 1.08. The van der Waals surface area contributed by atoms with Gasteiger partial charge in [0.1, 0.15) is 22.8 Å². The molecule has 12 nitrogen and oxygen atoms in total. The number of hydrogen-bond acceptors (Lipinski definition) is 9. The number of nitrogens with zero attached hydrogens (tertiary/aromatic N) is 7. The molecule has 2 fully saturated rings. The van der Waals surface area contributed by atoms with Crippen molar-refractivity contribution in [3.05, 3.63) is 98.8 Å². The first-order valence-electron chi connectivity index (χ1n) is 17.3. The van der Waals surface area contributed by atoms with Crippen LogP contribution >= 0.6 is 0 Å². The average Bonchev–Trinajstić information content (AvgIpc) is 3.55. The molecule has 0 saturated carbocycles. The van der Waals surface area contributed by atoms with Crippen LogP contribution < -0.4 is 21.3 Å². The second kappa shape index (κ2) is 12.5. The number of aryl methyl sites for hydroxylation is 1. The van der Waals surface area contributed by atoms with Crippen molar-refractivity contribution >= 4 is 22.7 Å². The van der Waals surface area contributed by atoms with E-state index in [2.05, 4.69) is 46.9 Å². The van der Waals surface area contributed by atoms with E-state index in [4.69, 9.17) is 14.5 Å². The Morgan fingerprint density at radius 2 is 1.88 bits per heavy atom. The predicted molar refractivity (Wildman–Crippen MR) is 194 cm³/mol. The fourth-order valence-corrected chi connectivity index (χ4v) is 7.93. The third kappa shape index (κ3) is 5.70. The number of hydrogen-bond donors (Lipinski definition) is 1. The van der Waals surface area contributed by atoms with Crippen molar-refractivity contribution in [2.45, 2.75) is 52.3 Å². The van der Waals surface area contributed by atoms with Gasteiger partial charge < -0.3 is 28.7 Å². The molecule has 1 aliphatic carbocycles. The number of piperazine rings is 1. The van der Waals surface area contributed by atoms with Gasteiger partial charge in [-0.25, -0.2) is 9.97 Å². The molecule has 8 rings (SSSR count). The minimum Gasteiger partial charge on any atom is -0.380 e. The van der Waals surface area contributed by atoms with Gasteiger partial charge >= 0.3 is 0 Å². The number of rotatable bonds is 8. The second-order valence-electron chi connectivity index (χ2n) is 14.8. The number of aromatic nitrogens is 5. The molecule has 1 N–H and O–H groups in total. The molecule has 7 heterocycles. The van der Waals surface area contributed by atoms with E-state index < -0.39 is 0 Å². The summed E-state index contributed by atoms with van der Waals surface area (Å²) in [6.45, 7) is 11.6. The van der Waals surface area contributed by atoms with Gasteiger partial charge in [-0.15, -0.1) is 0 Å². The fourth-order valence-electron chi connectivity index (χ4n) is 7.93. The van der Waals surface area contributed by atoms with Gasteiger partial charge in [0, 0.05) is 81.4 Å². The van der Waals surface area contributed by atoms with Crippen molar-refractivity contribution in [2.24, 2.45) is 12.5 Å².